The number of carbonyl (C=O) groups excluding carboxylic acids is 1. The van der Waals surface area contributed by atoms with Gasteiger partial charge in [0.25, 0.3) is 0 Å². The first-order valence-corrected chi connectivity index (χ1v) is 8.75. The number of para-hydroxylation sites is 1. The van der Waals surface area contributed by atoms with Gasteiger partial charge in [0.15, 0.2) is 11.5 Å². The summed E-state index contributed by atoms with van der Waals surface area (Å²) in [6, 6.07) is 13.3. The molecule has 0 unspecified atom stereocenters. The van der Waals surface area contributed by atoms with Gasteiger partial charge in [-0.25, -0.2) is 0 Å². The lowest BCUT2D eigenvalue weighted by molar-refractivity contribution is -0.120. The Kier molecular flexibility index (Phi) is 7.01. The standard InChI is InChI=1S/C19H23NO4S/c1-13(25-15-9-10-17(23-3)18(11-15)24-4)19(21)20-12-14-7-5-6-8-16(14)22-2/h5-11,13H,12H2,1-4H3,(H,20,21)/t13-/m1/s1. The number of nitrogens with one attached hydrogen (secondary N) is 1. The van der Waals surface area contributed by atoms with E-state index in [0.29, 0.717) is 18.0 Å². The average molecular weight is 361 g/mol. The second-order valence-corrected chi connectivity index (χ2v) is 6.72. The van der Waals surface area contributed by atoms with Crippen LogP contribution in [0.15, 0.2) is 47.4 Å². The Labute approximate surface area is 152 Å². The predicted molar refractivity (Wildman–Crippen MR) is 99.7 cm³/mol. The molecular formula is C19H23NO4S. The zero-order chi connectivity index (χ0) is 18.2. The second-order valence-electron chi connectivity index (χ2n) is 5.31. The SMILES string of the molecule is COc1ccccc1CNC(=O)[C@@H](C)Sc1ccc(OC)c(OC)c1. The van der Waals surface area contributed by atoms with Gasteiger partial charge < -0.3 is 19.5 Å². The van der Waals surface area contributed by atoms with Crippen molar-refractivity contribution in [2.75, 3.05) is 21.3 Å². The summed E-state index contributed by atoms with van der Waals surface area (Å²) in [5.41, 5.74) is 0.946. The van der Waals surface area contributed by atoms with Crippen molar-refractivity contribution < 1.29 is 19.0 Å². The Morgan fingerprint density at radius 3 is 2.36 bits per heavy atom. The fraction of sp³-hybridized carbons (Fsp3) is 0.316. The fourth-order valence-corrected chi connectivity index (χ4v) is 3.24. The third-order valence-corrected chi connectivity index (χ3v) is 4.78. The summed E-state index contributed by atoms with van der Waals surface area (Å²) in [6.45, 7) is 2.30. The number of ether oxygens (including phenoxy) is 3. The highest BCUT2D eigenvalue weighted by atomic mass is 32.2. The van der Waals surface area contributed by atoms with E-state index in [0.717, 1.165) is 16.2 Å². The molecule has 1 atom stereocenters. The molecule has 134 valence electrons. The van der Waals surface area contributed by atoms with Crippen LogP contribution >= 0.6 is 11.8 Å². The van der Waals surface area contributed by atoms with Crippen LogP contribution in [0.5, 0.6) is 17.2 Å². The number of hydrogen-bond donors (Lipinski definition) is 1. The monoisotopic (exact) mass is 361 g/mol. The molecule has 2 aromatic rings. The van der Waals surface area contributed by atoms with E-state index in [1.807, 2.05) is 49.4 Å². The van der Waals surface area contributed by atoms with E-state index < -0.39 is 0 Å². The molecule has 2 aromatic carbocycles. The lowest BCUT2D eigenvalue weighted by atomic mass is 10.2. The van der Waals surface area contributed by atoms with Crippen LogP contribution in [0.1, 0.15) is 12.5 Å². The van der Waals surface area contributed by atoms with Gasteiger partial charge in [0, 0.05) is 17.0 Å². The van der Waals surface area contributed by atoms with E-state index in [9.17, 15) is 4.79 Å². The molecule has 5 nitrogen and oxygen atoms in total. The molecule has 0 bridgehead atoms. The van der Waals surface area contributed by atoms with Crippen LogP contribution in [0.3, 0.4) is 0 Å². The summed E-state index contributed by atoms with van der Waals surface area (Å²) in [7, 11) is 4.81. The molecule has 25 heavy (non-hydrogen) atoms. The van der Waals surface area contributed by atoms with Crippen molar-refractivity contribution in [3.05, 3.63) is 48.0 Å². The number of carbonyl (C=O) groups is 1. The van der Waals surface area contributed by atoms with Gasteiger partial charge in [-0.3, -0.25) is 4.79 Å². The number of methoxy groups -OCH3 is 3. The van der Waals surface area contributed by atoms with Crippen molar-refractivity contribution >= 4 is 17.7 Å². The molecule has 0 fully saturated rings. The molecule has 0 saturated carbocycles. The lowest BCUT2D eigenvalue weighted by Gasteiger charge is -2.14. The highest BCUT2D eigenvalue weighted by molar-refractivity contribution is 8.00. The molecule has 0 aliphatic carbocycles. The zero-order valence-corrected chi connectivity index (χ0v) is 15.7. The van der Waals surface area contributed by atoms with E-state index in [1.54, 1.807) is 21.3 Å². The number of thioether (sulfide) groups is 1. The number of hydrogen-bond acceptors (Lipinski definition) is 5. The first kappa shape index (κ1) is 19.0. The molecule has 0 radical (unpaired) electrons. The van der Waals surface area contributed by atoms with E-state index in [-0.39, 0.29) is 11.2 Å². The average Bonchev–Trinajstić information content (AvgIpc) is 2.65. The van der Waals surface area contributed by atoms with Gasteiger partial charge in [-0.05, 0) is 31.2 Å². The van der Waals surface area contributed by atoms with Crippen molar-refractivity contribution in [2.24, 2.45) is 0 Å². The summed E-state index contributed by atoms with van der Waals surface area (Å²) in [4.78, 5) is 13.3. The number of amides is 1. The largest absolute Gasteiger partial charge is 0.496 e. The Morgan fingerprint density at radius 1 is 1.00 bits per heavy atom. The third-order valence-electron chi connectivity index (χ3n) is 3.68. The Morgan fingerprint density at radius 2 is 1.68 bits per heavy atom. The van der Waals surface area contributed by atoms with Crippen LogP contribution in [0.25, 0.3) is 0 Å². The highest BCUT2D eigenvalue weighted by Crippen LogP contribution is 2.33. The van der Waals surface area contributed by atoms with Crippen LogP contribution in [-0.4, -0.2) is 32.5 Å². The first-order chi connectivity index (χ1) is 12.1. The Balaban J connectivity index is 1.96. The van der Waals surface area contributed by atoms with Crippen molar-refractivity contribution in [1.82, 2.24) is 5.32 Å². The van der Waals surface area contributed by atoms with Crippen molar-refractivity contribution in [3.8, 4) is 17.2 Å². The summed E-state index contributed by atoms with van der Waals surface area (Å²) < 4.78 is 15.8. The molecule has 0 aliphatic heterocycles. The molecule has 1 N–H and O–H groups in total. The van der Waals surface area contributed by atoms with Gasteiger partial charge in [0.1, 0.15) is 5.75 Å². The Hall–Kier alpha value is -2.34. The molecule has 0 heterocycles. The summed E-state index contributed by atoms with van der Waals surface area (Å²) in [5.74, 6) is 2.04. The van der Waals surface area contributed by atoms with Crippen LogP contribution in [0.2, 0.25) is 0 Å². The second kappa shape index (κ2) is 9.22. The van der Waals surface area contributed by atoms with Crippen LogP contribution < -0.4 is 19.5 Å². The highest BCUT2D eigenvalue weighted by Gasteiger charge is 2.16. The molecule has 2 rings (SSSR count). The van der Waals surface area contributed by atoms with Gasteiger partial charge in [-0.2, -0.15) is 0 Å². The molecule has 1 amide bonds. The molecule has 0 spiro atoms. The van der Waals surface area contributed by atoms with Crippen LogP contribution in [0.4, 0.5) is 0 Å². The first-order valence-electron chi connectivity index (χ1n) is 7.87. The number of benzene rings is 2. The third kappa shape index (κ3) is 5.06. The normalized spacial score (nSPS) is 11.5. The molecular weight excluding hydrogens is 338 g/mol. The van der Waals surface area contributed by atoms with Crippen LogP contribution in [-0.2, 0) is 11.3 Å². The summed E-state index contributed by atoms with van der Waals surface area (Å²) in [5, 5.41) is 2.71. The van der Waals surface area contributed by atoms with Gasteiger partial charge in [0.2, 0.25) is 5.91 Å². The van der Waals surface area contributed by atoms with E-state index >= 15 is 0 Å². The van der Waals surface area contributed by atoms with Crippen molar-refractivity contribution in [3.63, 3.8) is 0 Å². The topological polar surface area (TPSA) is 56.8 Å². The smallest absolute Gasteiger partial charge is 0.233 e. The van der Waals surface area contributed by atoms with Gasteiger partial charge in [-0.15, -0.1) is 11.8 Å². The van der Waals surface area contributed by atoms with Gasteiger partial charge in [-0.1, -0.05) is 18.2 Å². The lowest BCUT2D eigenvalue weighted by Crippen LogP contribution is -2.30. The van der Waals surface area contributed by atoms with E-state index in [1.165, 1.54) is 11.8 Å². The number of rotatable bonds is 8. The quantitative estimate of drug-likeness (QED) is 0.729. The predicted octanol–water partition coefficient (Wildman–Crippen LogP) is 3.51. The minimum Gasteiger partial charge on any atom is -0.496 e. The maximum absolute atomic E-state index is 12.4. The Bertz CT molecular complexity index is 720. The molecule has 0 saturated heterocycles. The maximum Gasteiger partial charge on any atom is 0.233 e. The van der Waals surface area contributed by atoms with Crippen molar-refractivity contribution in [1.29, 1.82) is 0 Å². The molecule has 6 heteroatoms. The van der Waals surface area contributed by atoms with Crippen LogP contribution in [0, 0.1) is 0 Å². The van der Waals surface area contributed by atoms with E-state index in [4.69, 9.17) is 14.2 Å². The van der Waals surface area contributed by atoms with E-state index in [2.05, 4.69) is 5.32 Å². The van der Waals surface area contributed by atoms with Gasteiger partial charge in [0.05, 0.1) is 26.6 Å². The summed E-state index contributed by atoms with van der Waals surface area (Å²) >= 11 is 1.47. The minimum atomic E-state index is -0.243. The minimum absolute atomic E-state index is 0.0364. The fourth-order valence-electron chi connectivity index (χ4n) is 2.32. The summed E-state index contributed by atoms with van der Waals surface area (Å²) in [6.07, 6.45) is 0. The zero-order valence-electron chi connectivity index (χ0n) is 14.9. The van der Waals surface area contributed by atoms with Gasteiger partial charge >= 0.3 is 0 Å². The molecule has 0 aromatic heterocycles. The van der Waals surface area contributed by atoms with Crippen molar-refractivity contribution in [2.45, 2.75) is 23.6 Å². The molecule has 0 aliphatic rings. The maximum atomic E-state index is 12.4.